The average molecular weight is 566 g/mol. The topological polar surface area (TPSA) is 87.7 Å². The van der Waals surface area contributed by atoms with E-state index in [2.05, 4.69) is 22.8 Å². The second kappa shape index (κ2) is 15.4. The third kappa shape index (κ3) is 8.93. The lowest BCUT2D eigenvalue weighted by Crippen LogP contribution is -2.40. The average Bonchev–Trinajstić information content (AvgIpc) is 2.94. The molecule has 0 aliphatic heterocycles. The molecule has 0 unspecified atom stereocenters. The van der Waals surface area contributed by atoms with Gasteiger partial charge in [-0.05, 0) is 93.0 Å². The van der Waals surface area contributed by atoms with E-state index in [0.29, 0.717) is 17.8 Å². The summed E-state index contributed by atoms with van der Waals surface area (Å²) in [5.74, 6) is -0.579. The van der Waals surface area contributed by atoms with Gasteiger partial charge in [0.25, 0.3) is 5.91 Å². The van der Waals surface area contributed by atoms with Gasteiger partial charge in [-0.15, -0.1) is 0 Å². The smallest absolute Gasteiger partial charge is 0.411 e. The minimum absolute atomic E-state index is 0.0972. The lowest BCUT2D eigenvalue weighted by atomic mass is 10.0. The number of hydrogen-bond donors (Lipinski definition) is 2. The third-order valence-electron chi connectivity index (χ3n) is 7.30. The number of hydrogen-bond acceptors (Lipinski definition) is 4. The van der Waals surface area contributed by atoms with Crippen LogP contribution in [0.5, 0.6) is 0 Å². The van der Waals surface area contributed by atoms with E-state index in [4.69, 9.17) is 4.74 Å². The molecule has 2 aromatic carbocycles. The highest BCUT2D eigenvalue weighted by Crippen LogP contribution is 2.23. The van der Waals surface area contributed by atoms with Crippen LogP contribution in [0.1, 0.15) is 48.8 Å². The van der Waals surface area contributed by atoms with Crippen molar-refractivity contribution in [2.75, 3.05) is 11.4 Å². The third-order valence-corrected chi connectivity index (χ3v) is 7.30. The van der Waals surface area contributed by atoms with Crippen LogP contribution in [0.3, 0.4) is 0 Å². The zero-order valence-electron chi connectivity index (χ0n) is 24.3. The number of nitrogens with zero attached hydrogens (tertiary/aromatic N) is 1. The molecule has 0 saturated carbocycles. The molecule has 3 amide bonds. The van der Waals surface area contributed by atoms with Crippen LogP contribution in [0, 0.1) is 13.8 Å². The summed E-state index contributed by atoms with van der Waals surface area (Å²) in [5, 5.41) is 5.54. The van der Waals surface area contributed by atoms with Gasteiger partial charge in [0.2, 0.25) is 5.91 Å². The van der Waals surface area contributed by atoms with E-state index in [1.165, 1.54) is 0 Å². The molecule has 0 fully saturated rings. The van der Waals surface area contributed by atoms with Crippen molar-refractivity contribution in [1.82, 2.24) is 10.6 Å². The number of anilines is 1. The van der Waals surface area contributed by atoms with Gasteiger partial charge in [-0.1, -0.05) is 66.8 Å². The Morgan fingerprint density at radius 3 is 2.43 bits per heavy atom. The monoisotopic (exact) mass is 565 g/mol. The molecule has 0 radical (unpaired) electrons. The first-order valence-electron chi connectivity index (χ1n) is 14.5. The Labute approximate surface area is 248 Å². The van der Waals surface area contributed by atoms with Gasteiger partial charge < -0.3 is 15.0 Å². The van der Waals surface area contributed by atoms with Crippen LogP contribution >= 0.6 is 0 Å². The molecule has 218 valence electrons. The SMILES string of the molecule is Cc1ccccc1CN(C(=O)CNC(=O)C1=C/C=C\C(NC(=O)O[C@@H]2CC/C=C/CCC2)=C/C=C1)c1ccccc1C. The molecule has 0 saturated heterocycles. The first-order chi connectivity index (χ1) is 20.4. The molecule has 0 aromatic heterocycles. The number of allylic oxidation sites excluding steroid dienone is 7. The van der Waals surface area contributed by atoms with Gasteiger partial charge in [-0.25, -0.2) is 4.79 Å². The Kier molecular flexibility index (Phi) is 11.1. The lowest BCUT2D eigenvalue weighted by Gasteiger charge is -2.25. The number of carbonyl (C=O) groups is 3. The number of aryl methyl sites for hydroxylation is 2. The number of para-hydroxylation sites is 1. The summed E-state index contributed by atoms with van der Waals surface area (Å²) in [6, 6.07) is 15.7. The summed E-state index contributed by atoms with van der Waals surface area (Å²) in [6.45, 7) is 4.24. The molecule has 1 atom stereocenters. The first-order valence-corrected chi connectivity index (χ1v) is 14.5. The van der Waals surface area contributed by atoms with Crippen molar-refractivity contribution >= 4 is 23.6 Å². The second-order valence-corrected chi connectivity index (χ2v) is 10.5. The Morgan fingerprint density at radius 1 is 0.881 bits per heavy atom. The molecule has 0 bridgehead atoms. The van der Waals surface area contributed by atoms with Crippen molar-refractivity contribution in [2.45, 2.75) is 58.6 Å². The van der Waals surface area contributed by atoms with E-state index in [1.54, 1.807) is 41.4 Å². The van der Waals surface area contributed by atoms with Crippen LogP contribution in [-0.4, -0.2) is 30.6 Å². The van der Waals surface area contributed by atoms with Crippen LogP contribution in [0.25, 0.3) is 0 Å². The van der Waals surface area contributed by atoms with Gasteiger partial charge >= 0.3 is 6.09 Å². The van der Waals surface area contributed by atoms with Crippen LogP contribution < -0.4 is 15.5 Å². The normalized spacial score (nSPS) is 19.3. The fraction of sp³-hybridized carbons (Fsp3) is 0.286. The molecule has 2 aliphatic carbocycles. The summed E-state index contributed by atoms with van der Waals surface area (Å²) in [4.78, 5) is 40.6. The highest BCUT2D eigenvalue weighted by atomic mass is 16.6. The minimum Gasteiger partial charge on any atom is -0.446 e. The van der Waals surface area contributed by atoms with Crippen LogP contribution in [0.2, 0.25) is 0 Å². The zero-order valence-corrected chi connectivity index (χ0v) is 24.3. The number of alkyl carbamates (subject to hydrolysis) is 1. The largest absolute Gasteiger partial charge is 0.446 e. The molecule has 7 heteroatoms. The summed E-state index contributed by atoms with van der Waals surface area (Å²) >= 11 is 0. The van der Waals surface area contributed by atoms with Gasteiger partial charge in [0, 0.05) is 17.0 Å². The van der Waals surface area contributed by atoms with Crippen LogP contribution in [0.4, 0.5) is 10.5 Å². The Morgan fingerprint density at radius 2 is 1.62 bits per heavy atom. The quantitative estimate of drug-likeness (QED) is 0.358. The van der Waals surface area contributed by atoms with E-state index >= 15 is 0 Å². The Hall–Kier alpha value is -4.65. The standard InChI is InChI=1S/C35H39N3O4/c1-26-14-8-10-16-29(26)25-38(32-23-11-9-15-27(32)2)33(39)24-36-34(40)28-17-12-19-30(20-13-18-28)37-35(41)42-31-21-6-4-3-5-7-22-31/h3-4,8-20,23,31H,5-7,21-22,24-25H2,1-2H3,(H,36,40)(H,37,41)/b4-3+,17-12?,18-13?,19-12-,20-13?,28-17?,28-18?,30-19?,30-20+/t31-/m1/s1. The minimum atomic E-state index is -0.487. The molecular weight excluding hydrogens is 526 g/mol. The van der Waals surface area contributed by atoms with Gasteiger partial charge in [0.15, 0.2) is 0 Å². The predicted molar refractivity (Wildman–Crippen MR) is 167 cm³/mol. The van der Waals surface area contributed by atoms with Crippen LogP contribution in [0.15, 0.2) is 108 Å². The highest BCUT2D eigenvalue weighted by molar-refractivity contribution is 6.01. The number of ether oxygens (including phenoxy) is 1. The Bertz CT molecular complexity index is 1430. The van der Waals surface area contributed by atoms with Gasteiger partial charge in [0.05, 0.1) is 13.1 Å². The highest BCUT2D eigenvalue weighted by Gasteiger charge is 2.20. The first kappa shape index (κ1) is 30.3. The number of nitrogens with one attached hydrogen (secondary N) is 2. The maximum atomic E-state index is 13.4. The summed E-state index contributed by atoms with van der Waals surface area (Å²) in [7, 11) is 0. The van der Waals surface area contributed by atoms with E-state index in [1.807, 2.05) is 62.4 Å². The maximum absolute atomic E-state index is 13.4. The van der Waals surface area contributed by atoms with Gasteiger partial charge in [-0.2, -0.15) is 0 Å². The van der Waals surface area contributed by atoms with Crippen molar-refractivity contribution < 1.29 is 19.1 Å². The van der Waals surface area contributed by atoms with Crippen molar-refractivity contribution in [2.24, 2.45) is 0 Å². The van der Waals surface area contributed by atoms with Gasteiger partial charge in [-0.3, -0.25) is 14.9 Å². The van der Waals surface area contributed by atoms with Crippen LogP contribution in [-0.2, 0) is 20.9 Å². The summed E-state index contributed by atoms with van der Waals surface area (Å²) < 4.78 is 5.62. The van der Waals surface area contributed by atoms with E-state index in [0.717, 1.165) is 54.5 Å². The van der Waals surface area contributed by atoms with E-state index in [9.17, 15) is 14.4 Å². The second-order valence-electron chi connectivity index (χ2n) is 10.5. The van der Waals surface area contributed by atoms with E-state index in [-0.39, 0.29) is 24.5 Å². The predicted octanol–water partition coefficient (Wildman–Crippen LogP) is 6.50. The lowest BCUT2D eigenvalue weighted by molar-refractivity contribution is -0.122. The molecule has 4 rings (SSSR count). The summed E-state index contributed by atoms with van der Waals surface area (Å²) in [6.07, 6.45) is 18.4. The van der Waals surface area contributed by atoms with Crippen molar-refractivity contribution in [1.29, 1.82) is 0 Å². The van der Waals surface area contributed by atoms with Crippen molar-refractivity contribution in [3.05, 3.63) is 125 Å². The molecule has 0 spiro atoms. The molecule has 0 heterocycles. The van der Waals surface area contributed by atoms with Crippen molar-refractivity contribution in [3.8, 4) is 0 Å². The number of benzene rings is 2. The van der Waals surface area contributed by atoms with Gasteiger partial charge in [0.1, 0.15) is 6.10 Å². The van der Waals surface area contributed by atoms with E-state index < -0.39 is 6.09 Å². The molecule has 42 heavy (non-hydrogen) atoms. The number of rotatable bonds is 8. The molecule has 2 N–H and O–H groups in total. The molecular formula is C35H39N3O4. The molecule has 7 nitrogen and oxygen atoms in total. The fourth-order valence-corrected chi connectivity index (χ4v) is 4.88. The molecule has 2 aromatic rings. The number of amides is 3. The fourth-order valence-electron chi connectivity index (χ4n) is 4.88. The molecule has 2 aliphatic rings. The van der Waals surface area contributed by atoms with Crippen molar-refractivity contribution in [3.63, 3.8) is 0 Å². The summed E-state index contributed by atoms with van der Waals surface area (Å²) in [5.41, 5.74) is 4.86. The number of carbonyl (C=O) groups excluding carboxylic acids is 3. The Balaban J connectivity index is 1.34. The zero-order chi connectivity index (χ0) is 29.7. The maximum Gasteiger partial charge on any atom is 0.411 e.